The predicted octanol–water partition coefficient (Wildman–Crippen LogP) is 4.48. The van der Waals surface area contributed by atoms with Crippen molar-refractivity contribution in [1.29, 1.82) is 0 Å². The average Bonchev–Trinajstić information content (AvgIpc) is 3.02. The number of aromatic amines is 1. The first-order valence-corrected chi connectivity index (χ1v) is 9.84. The molecule has 150 valence electrons. The number of halogens is 1. The number of hydrogen-bond donors (Lipinski definition) is 1. The minimum absolute atomic E-state index is 0.221. The molecular formula is C24H19FN2O3. The quantitative estimate of drug-likeness (QED) is 0.549. The van der Waals surface area contributed by atoms with Crippen LogP contribution in [0.25, 0.3) is 21.9 Å². The summed E-state index contributed by atoms with van der Waals surface area (Å²) in [6, 6.07) is 17.8. The summed E-state index contributed by atoms with van der Waals surface area (Å²) in [6.07, 6.45) is 1.28. The van der Waals surface area contributed by atoms with E-state index in [1.807, 2.05) is 42.5 Å². The zero-order chi connectivity index (χ0) is 20.5. The van der Waals surface area contributed by atoms with Crippen molar-refractivity contribution in [3.05, 3.63) is 88.1 Å². The van der Waals surface area contributed by atoms with Gasteiger partial charge in [-0.25, -0.2) is 9.49 Å². The molecule has 0 atom stereocenters. The molecule has 0 fully saturated rings. The zero-order valence-corrected chi connectivity index (χ0v) is 16.2. The van der Waals surface area contributed by atoms with E-state index in [9.17, 15) is 9.18 Å². The molecule has 0 unspecified atom stereocenters. The van der Waals surface area contributed by atoms with Crippen molar-refractivity contribution in [3.63, 3.8) is 0 Å². The molecule has 4 aromatic rings. The molecular weight excluding hydrogens is 383 g/mol. The van der Waals surface area contributed by atoms with Gasteiger partial charge in [0.15, 0.2) is 11.5 Å². The van der Waals surface area contributed by atoms with Gasteiger partial charge in [-0.15, -0.1) is 0 Å². The van der Waals surface area contributed by atoms with Crippen LogP contribution in [-0.4, -0.2) is 23.4 Å². The molecule has 30 heavy (non-hydrogen) atoms. The van der Waals surface area contributed by atoms with Crippen molar-refractivity contribution in [2.75, 3.05) is 13.2 Å². The van der Waals surface area contributed by atoms with E-state index in [4.69, 9.17) is 9.47 Å². The van der Waals surface area contributed by atoms with Crippen LogP contribution >= 0.6 is 0 Å². The Hall–Kier alpha value is -3.67. The Bertz CT molecular complexity index is 1300. The Labute approximate surface area is 172 Å². The molecule has 0 radical (unpaired) electrons. The van der Waals surface area contributed by atoms with E-state index in [2.05, 4.69) is 10.2 Å². The summed E-state index contributed by atoms with van der Waals surface area (Å²) in [4.78, 5) is 12.0. The van der Waals surface area contributed by atoms with E-state index in [0.29, 0.717) is 42.1 Å². The van der Waals surface area contributed by atoms with Crippen LogP contribution < -0.4 is 15.0 Å². The molecule has 0 aliphatic carbocycles. The Morgan fingerprint density at radius 1 is 0.933 bits per heavy atom. The Morgan fingerprint density at radius 2 is 1.73 bits per heavy atom. The fourth-order valence-corrected chi connectivity index (χ4v) is 3.73. The van der Waals surface area contributed by atoms with Gasteiger partial charge >= 0.3 is 0 Å². The van der Waals surface area contributed by atoms with Crippen LogP contribution in [-0.2, 0) is 6.42 Å². The number of aromatic nitrogens is 2. The first-order chi connectivity index (χ1) is 14.7. The molecule has 3 aromatic carbocycles. The lowest BCUT2D eigenvalue weighted by Crippen LogP contribution is -2.11. The SMILES string of the molecule is O=c1[nH]nc(Cc2ccc(F)c(-c3ccc4c(c3)OCCCO4)c2)c2ccccc12. The molecule has 0 saturated heterocycles. The van der Waals surface area contributed by atoms with Gasteiger partial charge in [0.05, 0.1) is 24.3 Å². The van der Waals surface area contributed by atoms with Gasteiger partial charge in [-0.1, -0.05) is 30.3 Å². The van der Waals surface area contributed by atoms with Gasteiger partial charge in [-0.2, -0.15) is 5.10 Å². The van der Waals surface area contributed by atoms with E-state index in [1.54, 1.807) is 12.1 Å². The molecule has 0 bridgehead atoms. The summed E-state index contributed by atoms with van der Waals surface area (Å²) < 4.78 is 26.1. The molecule has 2 heterocycles. The van der Waals surface area contributed by atoms with Gasteiger partial charge in [0.1, 0.15) is 5.82 Å². The lowest BCUT2D eigenvalue weighted by molar-refractivity contribution is 0.297. The Balaban J connectivity index is 1.53. The summed E-state index contributed by atoms with van der Waals surface area (Å²) in [6.45, 7) is 1.18. The minimum Gasteiger partial charge on any atom is -0.490 e. The van der Waals surface area contributed by atoms with Gasteiger partial charge in [-0.3, -0.25) is 4.79 Å². The fourth-order valence-electron chi connectivity index (χ4n) is 3.73. The molecule has 5 rings (SSSR count). The highest BCUT2D eigenvalue weighted by molar-refractivity contribution is 5.83. The third kappa shape index (κ3) is 3.41. The Morgan fingerprint density at radius 3 is 2.60 bits per heavy atom. The molecule has 1 aromatic heterocycles. The highest BCUT2D eigenvalue weighted by atomic mass is 19.1. The second kappa shape index (κ2) is 7.63. The standard InChI is InChI=1S/C24H19FN2O3/c25-20-8-6-15(13-21-17-4-1-2-5-18(17)24(28)27-26-21)12-19(20)16-7-9-22-23(14-16)30-11-3-10-29-22/h1-2,4-9,12,14H,3,10-11,13H2,(H,27,28). The van der Waals surface area contributed by atoms with Crippen LogP contribution in [0.2, 0.25) is 0 Å². The number of H-pyrrole nitrogens is 1. The van der Waals surface area contributed by atoms with Gasteiger partial charge in [-0.05, 0) is 41.5 Å². The predicted molar refractivity (Wildman–Crippen MR) is 113 cm³/mol. The van der Waals surface area contributed by atoms with Crippen molar-refractivity contribution in [1.82, 2.24) is 10.2 Å². The second-order valence-electron chi connectivity index (χ2n) is 7.25. The van der Waals surface area contributed by atoms with Gasteiger partial charge < -0.3 is 9.47 Å². The average molecular weight is 402 g/mol. The summed E-state index contributed by atoms with van der Waals surface area (Å²) >= 11 is 0. The number of ether oxygens (including phenoxy) is 2. The number of hydrogen-bond acceptors (Lipinski definition) is 4. The van der Waals surface area contributed by atoms with Gasteiger partial charge in [0, 0.05) is 23.8 Å². The highest BCUT2D eigenvalue weighted by Crippen LogP contribution is 2.35. The molecule has 0 spiro atoms. The van der Waals surface area contributed by atoms with Crippen LogP contribution in [0.5, 0.6) is 11.5 Å². The van der Waals surface area contributed by atoms with E-state index in [1.165, 1.54) is 6.07 Å². The van der Waals surface area contributed by atoms with Gasteiger partial charge in [0.2, 0.25) is 0 Å². The maximum absolute atomic E-state index is 14.7. The minimum atomic E-state index is -0.312. The maximum Gasteiger partial charge on any atom is 0.272 e. The van der Waals surface area contributed by atoms with Crippen molar-refractivity contribution in [2.45, 2.75) is 12.8 Å². The number of rotatable bonds is 3. The molecule has 5 nitrogen and oxygen atoms in total. The van der Waals surface area contributed by atoms with Crippen molar-refractivity contribution < 1.29 is 13.9 Å². The first-order valence-electron chi connectivity index (χ1n) is 9.84. The van der Waals surface area contributed by atoms with Crippen LogP contribution in [0, 0.1) is 5.82 Å². The second-order valence-corrected chi connectivity index (χ2v) is 7.25. The molecule has 1 N–H and O–H groups in total. The van der Waals surface area contributed by atoms with Crippen LogP contribution in [0.15, 0.2) is 65.5 Å². The lowest BCUT2D eigenvalue weighted by atomic mass is 9.98. The number of nitrogens with zero attached hydrogens (tertiary/aromatic N) is 1. The van der Waals surface area contributed by atoms with Gasteiger partial charge in [0.25, 0.3) is 5.56 Å². The van der Waals surface area contributed by atoms with E-state index in [-0.39, 0.29) is 11.4 Å². The largest absolute Gasteiger partial charge is 0.490 e. The monoisotopic (exact) mass is 402 g/mol. The van der Waals surface area contributed by atoms with Crippen LogP contribution in [0.4, 0.5) is 4.39 Å². The number of fused-ring (bicyclic) bond motifs is 2. The third-order valence-corrected chi connectivity index (χ3v) is 5.24. The fraction of sp³-hybridized carbons (Fsp3) is 0.167. The normalized spacial score (nSPS) is 13.2. The Kier molecular flexibility index (Phi) is 4.67. The molecule has 1 aliphatic rings. The van der Waals surface area contributed by atoms with Crippen LogP contribution in [0.1, 0.15) is 17.7 Å². The number of nitrogens with one attached hydrogen (secondary N) is 1. The third-order valence-electron chi connectivity index (χ3n) is 5.24. The smallest absolute Gasteiger partial charge is 0.272 e. The maximum atomic E-state index is 14.7. The first kappa shape index (κ1) is 18.4. The van der Waals surface area contributed by atoms with E-state index in [0.717, 1.165) is 28.6 Å². The van der Waals surface area contributed by atoms with Crippen LogP contribution in [0.3, 0.4) is 0 Å². The summed E-state index contributed by atoms with van der Waals surface area (Å²) in [5, 5.41) is 8.16. The lowest BCUT2D eigenvalue weighted by Gasteiger charge is -2.12. The van der Waals surface area contributed by atoms with Crippen molar-refractivity contribution in [2.24, 2.45) is 0 Å². The summed E-state index contributed by atoms with van der Waals surface area (Å²) in [7, 11) is 0. The molecule has 6 heteroatoms. The zero-order valence-electron chi connectivity index (χ0n) is 16.2. The van der Waals surface area contributed by atoms with E-state index >= 15 is 0 Å². The molecule has 0 saturated carbocycles. The summed E-state index contributed by atoms with van der Waals surface area (Å²) in [5.74, 6) is 0.993. The topological polar surface area (TPSA) is 64.2 Å². The highest BCUT2D eigenvalue weighted by Gasteiger charge is 2.15. The number of benzene rings is 3. The molecule has 0 amide bonds. The molecule has 1 aliphatic heterocycles. The summed E-state index contributed by atoms with van der Waals surface area (Å²) in [5.41, 5.74) is 2.61. The van der Waals surface area contributed by atoms with E-state index < -0.39 is 0 Å². The van der Waals surface area contributed by atoms with Crippen molar-refractivity contribution in [3.8, 4) is 22.6 Å². The van der Waals surface area contributed by atoms with Crippen molar-refractivity contribution >= 4 is 10.8 Å².